The molecule has 7 heteroatoms. The van der Waals surface area contributed by atoms with E-state index < -0.39 is 5.91 Å². The van der Waals surface area contributed by atoms with Crippen LogP contribution in [0.3, 0.4) is 0 Å². The number of nitrogens with one attached hydrogen (secondary N) is 1. The Morgan fingerprint density at radius 1 is 1.17 bits per heavy atom. The molecule has 2 aromatic carbocycles. The smallest absolute Gasteiger partial charge is 0.248 e. The monoisotopic (exact) mass is 433 g/mol. The number of carbonyl (C=O) groups is 1. The molecule has 2 aliphatic heterocycles. The van der Waals surface area contributed by atoms with Gasteiger partial charge in [-0.25, -0.2) is 0 Å². The number of rotatable bonds is 5. The van der Waals surface area contributed by atoms with Gasteiger partial charge in [0.15, 0.2) is 0 Å². The van der Waals surface area contributed by atoms with Gasteiger partial charge in [0, 0.05) is 37.8 Å². The van der Waals surface area contributed by atoms with Crippen molar-refractivity contribution < 1.29 is 9.53 Å². The molecule has 0 aromatic heterocycles. The molecule has 2 unspecified atom stereocenters. The van der Waals surface area contributed by atoms with Gasteiger partial charge in [-0.15, -0.1) is 0 Å². The Labute approximate surface area is 181 Å². The van der Waals surface area contributed by atoms with E-state index in [-0.39, 0.29) is 12.1 Å². The van der Waals surface area contributed by atoms with Crippen LogP contribution in [0.25, 0.3) is 0 Å². The largest absolute Gasteiger partial charge is 0.373 e. The molecular weight excluding hydrogens is 409 g/mol. The minimum atomic E-state index is -0.398. The van der Waals surface area contributed by atoms with Gasteiger partial charge in [-0.1, -0.05) is 35.3 Å². The van der Waals surface area contributed by atoms with Crippen molar-refractivity contribution in [1.82, 2.24) is 10.2 Å². The molecule has 1 saturated heterocycles. The second-order valence-electron chi connectivity index (χ2n) is 7.60. The average molecular weight is 434 g/mol. The number of nitrogens with zero attached hydrogens (tertiary/aromatic N) is 1. The SMILES string of the molecule is NC(=O)c1ccc2c(c1)CCOC2CC(c1ccc(Cl)c(Cl)c1)N1CCNCC1. The van der Waals surface area contributed by atoms with E-state index in [0.717, 1.165) is 55.7 Å². The van der Waals surface area contributed by atoms with Crippen LogP contribution in [-0.2, 0) is 11.2 Å². The van der Waals surface area contributed by atoms with Crippen molar-refractivity contribution in [1.29, 1.82) is 0 Å². The lowest BCUT2D eigenvalue weighted by molar-refractivity contribution is 0.0119. The normalized spacial score (nSPS) is 20.8. The molecule has 0 aliphatic carbocycles. The number of benzene rings is 2. The second-order valence-corrected chi connectivity index (χ2v) is 8.41. The Morgan fingerprint density at radius 2 is 1.97 bits per heavy atom. The minimum absolute atomic E-state index is 0.0463. The number of piperazine rings is 1. The average Bonchev–Trinajstić information content (AvgIpc) is 2.74. The lowest BCUT2D eigenvalue weighted by Crippen LogP contribution is -2.45. The molecule has 3 N–H and O–H groups in total. The predicted octanol–water partition coefficient (Wildman–Crippen LogP) is 3.74. The van der Waals surface area contributed by atoms with Crippen molar-refractivity contribution >= 4 is 29.1 Å². The summed E-state index contributed by atoms with van der Waals surface area (Å²) in [5, 5.41) is 4.55. The van der Waals surface area contributed by atoms with Gasteiger partial charge in [0.25, 0.3) is 0 Å². The quantitative estimate of drug-likeness (QED) is 0.753. The van der Waals surface area contributed by atoms with E-state index in [1.165, 1.54) is 0 Å². The van der Waals surface area contributed by atoms with Crippen LogP contribution < -0.4 is 11.1 Å². The summed E-state index contributed by atoms with van der Waals surface area (Å²) < 4.78 is 6.18. The van der Waals surface area contributed by atoms with Crippen LogP contribution in [0.1, 0.15) is 45.6 Å². The highest BCUT2D eigenvalue weighted by molar-refractivity contribution is 6.42. The van der Waals surface area contributed by atoms with Crippen LogP contribution in [0.15, 0.2) is 36.4 Å². The molecule has 1 fully saturated rings. The first-order chi connectivity index (χ1) is 14.0. The molecular formula is C22H25Cl2N3O2. The lowest BCUT2D eigenvalue weighted by atomic mass is 9.89. The molecule has 2 atom stereocenters. The Morgan fingerprint density at radius 3 is 2.69 bits per heavy atom. The number of primary amides is 1. The molecule has 2 aromatic rings. The first kappa shape index (κ1) is 20.6. The number of hydrogen-bond acceptors (Lipinski definition) is 4. The maximum Gasteiger partial charge on any atom is 0.248 e. The molecule has 154 valence electrons. The maximum absolute atomic E-state index is 11.6. The van der Waals surface area contributed by atoms with Gasteiger partial charge in [0.1, 0.15) is 0 Å². The van der Waals surface area contributed by atoms with E-state index in [1.807, 2.05) is 24.3 Å². The Bertz CT molecular complexity index is 900. The summed E-state index contributed by atoms with van der Waals surface area (Å²) >= 11 is 12.5. The van der Waals surface area contributed by atoms with Crippen LogP contribution in [0, 0.1) is 0 Å². The first-order valence-electron chi connectivity index (χ1n) is 9.97. The fourth-order valence-electron chi connectivity index (χ4n) is 4.30. The fourth-order valence-corrected chi connectivity index (χ4v) is 4.60. The number of ether oxygens (including phenoxy) is 1. The zero-order valence-corrected chi connectivity index (χ0v) is 17.7. The van der Waals surface area contributed by atoms with E-state index in [2.05, 4.69) is 16.3 Å². The third-order valence-corrected chi connectivity index (χ3v) is 6.56. The van der Waals surface area contributed by atoms with Crippen LogP contribution in [0.2, 0.25) is 10.0 Å². The van der Waals surface area contributed by atoms with Gasteiger partial charge < -0.3 is 15.8 Å². The van der Waals surface area contributed by atoms with Gasteiger partial charge in [0.2, 0.25) is 5.91 Å². The summed E-state index contributed by atoms with van der Waals surface area (Å²) in [5.41, 5.74) is 9.43. The topological polar surface area (TPSA) is 67.6 Å². The molecule has 0 saturated carbocycles. The fraction of sp³-hybridized carbons (Fsp3) is 0.409. The number of hydrogen-bond donors (Lipinski definition) is 2. The van der Waals surface area contributed by atoms with Gasteiger partial charge >= 0.3 is 0 Å². The van der Waals surface area contributed by atoms with Gasteiger partial charge in [-0.05, 0) is 53.8 Å². The zero-order valence-electron chi connectivity index (χ0n) is 16.2. The molecule has 0 bridgehead atoms. The highest BCUT2D eigenvalue weighted by Gasteiger charge is 2.30. The molecule has 5 nitrogen and oxygen atoms in total. The van der Waals surface area contributed by atoms with Crippen molar-refractivity contribution in [3.8, 4) is 0 Å². The summed E-state index contributed by atoms with van der Waals surface area (Å²) in [6.07, 6.45) is 1.55. The standard InChI is InChI=1S/C22H25Cl2N3O2/c23-18-4-2-15(12-19(18)24)20(27-8-6-26-7-9-27)13-21-17-3-1-16(22(25)28)11-14(17)5-10-29-21/h1-4,11-12,20-21,26H,5-10,13H2,(H2,25,28). The van der Waals surface area contributed by atoms with E-state index in [4.69, 9.17) is 33.7 Å². The molecule has 0 radical (unpaired) electrons. The Kier molecular flexibility index (Phi) is 6.42. The molecule has 1 amide bonds. The molecule has 29 heavy (non-hydrogen) atoms. The van der Waals surface area contributed by atoms with Crippen molar-refractivity contribution in [2.75, 3.05) is 32.8 Å². The molecule has 2 heterocycles. The number of halogens is 2. The number of amides is 1. The highest BCUT2D eigenvalue weighted by atomic mass is 35.5. The van der Waals surface area contributed by atoms with Crippen molar-refractivity contribution in [2.24, 2.45) is 5.73 Å². The third kappa shape index (κ3) is 4.60. The molecule has 2 aliphatic rings. The van der Waals surface area contributed by atoms with E-state index in [1.54, 1.807) is 6.07 Å². The summed E-state index contributed by atoms with van der Waals surface area (Å²) in [6.45, 7) is 4.48. The van der Waals surface area contributed by atoms with Crippen molar-refractivity contribution in [3.05, 3.63) is 68.7 Å². The summed E-state index contributed by atoms with van der Waals surface area (Å²) in [6, 6.07) is 11.7. The van der Waals surface area contributed by atoms with Crippen LogP contribution >= 0.6 is 23.2 Å². The summed E-state index contributed by atoms with van der Waals surface area (Å²) in [5.74, 6) is -0.398. The van der Waals surface area contributed by atoms with Crippen molar-refractivity contribution in [3.63, 3.8) is 0 Å². The van der Waals surface area contributed by atoms with Gasteiger partial charge in [-0.2, -0.15) is 0 Å². The Balaban J connectivity index is 1.64. The third-order valence-electron chi connectivity index (χ3n) is 5.82. The van der Waals surface area contributed by atoms with Crippen LogP contribution in [0.5, 0.6) is 0 Å². The first-order valence-corrected chi connectivity index (χ1v) is 10.7. The van der Waals surface area contributed by atoms with Crippen molar-refractivity contribution in [2.45, 2.75) is 25.0 Å². The van der Waals surface area contributed by atoms with Gasteiger partial charge in [-0.3, -0.25) is 9.69 Å². The van der Waals surface area contributed by atoms with E-state index >= 15 is 0 Å². The molecule has 4 rings (SSSR count). The minimum Gasteiger partial charge on any atom is -0.373 e. The van der Waals surface area contributed by atoms with E-state index in [9.17, 15) is 4.79 Å². The molecule has 0 spiro atoms. The number of fused-ring (bicyclic) bond motifs is 1. The van der Waals surface area contributed by atoms with Gasteiger partial charge in [0.05, 0.1) is 22.8 Å². The highest BCUT2D eigenvalue weighted by Crippen LogP contribution is 2.38. The number of nitrogens with two attached hydrogens (primary N) is 1. The zero-order chi connectivity index (χ0) is 20.4. The summed E-state index contributed by atoms with van der Waals surface area (Å²) in [7, 11) is 0. The second kappa shape index (κ2) is 9.02. The van der Waals surface area contributed by atoms with E-state index in [0.29, 0.717) is 22.2 Å². The maximum atomic E-state index is 11.6. The lowest BCUT2D eigenvalue weighted by Gasteiger charge is -2.38. The van der Waals surface area contributed by atoms with Crippen LogP contribution in [0.4, 0.5) is 0 Å². The number of carbonyl (C=O) groups excluding carboxylic acids is 1. The van der Waals surface area contributed by atoms with Crippen LogP contribution in [-0.4, -0.2) is 43.6 Å². The predicted molar refractivity (Wildman–Crippen MR) is 116 cm³/mol. The Hall–Kier alpha value is -1.63. The summed E-state index contributed by atoms with van der Waals surface area (Å²) in [4.78, 5) is 14.0.